The quantitative estimate of drug-likeness (QED) is 0.141. The van der Waals surface area contributed by atoms with Gasteiger partial charge in [0.25, 0.3) is 0 Å². The molecule has 8 heteroatoms. The second-order valence-corrected chi connectivity index (χ2v) is 9.17. The maximum absolute atomic E-state index is 12.6. The van der Waals surface area contributed by atoms with Crippen LogP contribution < -0.4 is 21.7 Å². The van der Waals surface area contributed by atoms with E-state index in [1.165, 1.54) is 0 Å². The summed E-state index contributed by atoms with van der Waals surface area (Å²) in [6.45, 7) is 18.6. The number of nitrogens with one attached hydrogen (secondary N) is 3. The molecule has 0 heterocycles. The van der Waals surface area contributed by atoms with Crippen molar-refractivity contribution >= 4 is 17.7 Å². The van der Waals surface area contributed by atoms with Crippen LogP contribution in [0.1, 0.15) is 73.1 Å². The van der Waals surface area contributed by atoms with Crippen LogP contribution in [0.5, 0.6) is 0 Å². The summed E-state index contributed by atoms with van der Waals surface area (Å²) in [6.07, 6.45) is 5.08. The molecule has 0 saturated carbocycles. The molecule has 190 valence electrons. The first-order valence-corrected chi connectivity index (χ1v) is 11.9. The maximum atomic E-state index is 12.6. The van der Waals surface area contributed by atoms with Crippen molar-refractivity contribution in [3.8, 4) is 0 Å². The van der Waals surface area contributed by atoms with Crippen molar-refractivity contribution in [2.24, 2.45) is 17.6 Å². The molecule has 0 radical (unpaired) electrons. The smallest absolute Gasteiger partial charge is 0.240 e. The second kappa shape index (κ2) is 15.5. The van der Waals surface area contributed by atoms with Gasteiger partial charge in [-0.2, -0.15) is 0 Å². The fraction of sp³-hybridized carbons (Fsp3) is 0.720. The number of nitrogens with two attached hydrogens (primary N) is 1. The number of hydrogen-bond donors (Lipinski definition) is 4. The first kappa shape index (κ1) is 30.6. The Hall–Kier alpha value is -2.35. The van der Waals surface area contributed by atoms with E-state index in [2.05, 4.69) is 29.1 Å². The molecule has 0 aliphatic carbocycles. The van der Waals surface area contributed by atoms with E-state index in [0.717, 1.165) is 25.8 Å². The third kappa shape index (κ3) is 11.4. The van der Waals surface area contributed by atoms with Crippen molar-refractivity contribution < 1.29 is 19.1 Å². The van der Waals surface area contributed by atoms with Crippen LogP contribution in [0.3, 0.4) is 0 Å². The van der Waals surface area contributed by atoms with Crippen molar-refractivity contribution in [1.29, 1.82) is 0 Å². The average molecular weight is 467 g/mol. The van der Waals surface area contributed by atoms with E-state index in [0.29, 0.717) is 12.2 Å². The fourth-order valence-electron chi connectivity index (χ4n) is 3.38. The molecule has 0 rings (SSSR count). The molecule has 0 aromatic heterocycles. The first-order chi connectivity index (χ1) is 15.4. The summed E-state index contributed by atoms with van der Waals surface area (Å²) >= 11 is 0. The highest BCUT2D eigenvalue weighted by Gasteiger charge is 2.32. The number of rotatable bonds is 18. The van der Waals surface area contributed by atoms with E-state index in [-0.39, 0.29) is 42.5 Å². The van der Waals surface area contributed by atoms with Gasteiger partial charge in [-0.1, -0.05) is 40.3 Å². The van der Waals surface area contributed by atoms with Gasteiger partial charge >= 0.3 is 0 Å². The molecule has 5 N–H and O–H groups in total. The molecule has 0 aromatic rings. The van der Waals surface area contributed by atoms with Crippen LogP contribution in [0, 0.1) is 11.8 Å². The van der Waals surface area contributed by atoms with Gasteiger partial charge in [0.1, 0.15) is 17.4 Å². The van der Waals surface area contributed by atoms with Gasteiger partial charge in [-0.25, -0.2) is 0 Å². The Balaban J connectivity index is 5.08. The van der Waals surface area contributed by atoms with E-state index in [1.54, 1.807) is 13.8 Å². The van der Waals surface area contributed by atoms with E-state index >= 15 is 0 Å². The van der Waals surface area contributed by atoms with Crippen LogP contribution in [0.4, 0.5) is 0 Å². The van der Waals surface area contributed by atoms with Crippen LogP contribution in [0.2, 0.25) is 0 Å². The van der Waals surface area contributed by atoms with Gasteiger partial charge in [-0.05, 0) is 52.1 Å². The SMILES string of the molecule is C=C[C@H](C)C(C)(CC)OC(=C)C(CCCCNC)NC(=O)CCC(=O)NC(C(N)=O)C(C)C. The molecule has 8 nitrogen and oxygen atoms in total. The van der Waals surface area contributed by atoms with Gasteiger partial charge < -0.3 is 26.4 Å². The lowest BCUT2D eigenvalue weighted by Gasteiger charge is -2.37. The first-order valence-electron chi connectivity index (χ1n) is 11.9. The predicted octanol–water partition coefficient (Wildman–Crippen LogP) is 2.79. The molecule has 0 bridgehead atoms. The Morgan fingerprint density at radius 2 is 1.67 bits per heavy atom. The largest absolute Gasteiger partial charge is 0.490 e. The maximum Gasteiger partial charge on any atom is 0.240 e. The Morgan fingerprint density at radius 1 is 1.09 bits per heavy atom. The van der Waals surface area contributed by atoms with Gasteiger partial charge in [0.2, 0.25) is 17.7 Å². The number of ether oxygens (including phenoxy) is 1. The van der Waals surface area contributed by atoms with Crippen LogP contribution in [-0.2, 0) is 19.1 Å². The number of carbonyl (C=O) groups is 3. The summed E-state index contributed by atoms with van der Waals surface area (Å²) in [7, 11) is 1.90. The zero-order valence-electron chi connectivity index (χ0n) is 21.5. The number of primary amides is 1. The molecular formula is C25H46N4O4. The van der Waals surface area contributed by atoms with Gasteiger partial charge in [-0.15, -0.1) is 6.58 Å². The monoisotopic (exact) mass is 466 g/mol. The van der Waals surface area contributed by atoms with Crippen LogP contribution >= 0.6 is 0 Å². The molecule has 0 spiro atoms. The van der Waals surface area contributed by atoms with Crippen molar-refractivity contribution in [2.45, 2.75) is 90.8 Å². The predicted molar refractivity (Wildman–Crippen MR) is 133 cm³/mol. The summed E-state index contributed by atoms with van der Waals surface area (Å²) in [5, 5.41) is 8.69. The third-order valence-corrected chi connectivity index (χ3v) is 6.15. The minimum Gasteiger partial charge on any atom is -0.490 e. The second-order valence-electron chi connectivity index (χ2n) is 9.17. The van der Waals surface area contributed by atoms with Gasteiger partial charge in [0.05, 0.1) is 6.04 Å². The molecule has 3 unspecified atom stereocenters. The number of unbranched alkanes of at least 4 members (excludes halogenated alkanes) is 1. The molecule has 0 saturated heterocycles. The molecule has 0 fully saturated rings. The lowest BCUT2D eigenvalue weighted by atomic mass is 9.88. The highest BCUT2D eigenvalue weighted by atomic mass is 16.5. The van der Waals surface area contributed by atoms with Crippen molar-refractivity contribution in [3.63, 3.8) is 0 Å². The third-order valence-electron chi connectivity index (χ3n) is 6.15. The van der Waals surface area contributed by atoms with Gasteiger partial charge in [0.15, 0.2) is 0 Å². The van der Waals surface area contributed by atoms with Crippen LogP contribution in [0.15, 0.2) is 25.0 Å². The number of amides is 3. The fourth-order valence-corrected chi connectivity index (χ4v) is 3.38. The lowest BCUT2D eigenvalue weighted by Crippen LogP contribution is -2.48. The zero-order chi connectivity index (χ0) is 25.6. The van der Waals surface area contributed by atoms with E-state index in [9.17, 15) is 14.4 Å². The Labute approximate surface area is 200 Å². The normalized spacial score (nSPS) is 15.6. The van der Waals surface area contributed by atoms with Crippen molar-refractivity contribution in [1.82, 2.24) is 16.0 Å². The highest BCUT2D eigenvalue weighted by Crippen LogP contribution is 2.30. The summed E-state index contributed by atoms with van der Waals surface area (Å²) in [6, 6.07) is -1.12. The molecule has 3 amide bonds. The Bertz CT molecular complexity index is 665. The minimum atomic E-state index is -0.757. The van der Waals surface area contributed by atoms with Crippen LogP contribution in [0.25, 0.3) is 0 Å². The summed E-state index contributed by atoms with van der Waals surface area (Å²) < 4.78 is 6.26. The molecule has 4 atom stereocenters. The summed E-state index contributed by atoms with van der Waals surface area (Å²) in [4.78, 5) is 36.3. The molecule has 0 aliphatic rings. The topological polar surface area (TPSA) is 123 Å². The van der Waals surface area contributed by atoms with Crippen LogP contribution in [-0.4, -0.2) is 49.0 Å². The molecular weight excluding hydrogens is 420 g/mol. The van der Waals surface area contributed by atoms with E-state index in [4.69, 9.17) is 10.5 Å². The Morgan fingerprint density at radius 3 is 2.12 bits per heavy atom. The standard InChI is InChI=1S/C25H46N4O4/c1-9-18(5)25(7,10-2)33-19(6)20(13-11-12-16-27-8)28-21(30)14-15-22(31)29-23(17(3)4)24(26)32/h9,17-18,20,23,27H,1,6,10-16H2,2-5,7-8H3,(H2,26,32)(H,28,30)(H,29,31)/t18-,20?,23?,25?/m0/s1. The highest BCUT2D eigenvalue weighted by molar-refractivity contribution is 5.88. The molecule has 0 aliphatic heterocycles. The Kier molecular flexibility index (Phi) is 14.4. The average Bonchev–Trinajstić information content (AvgIpc) is 2.76. The lowest BCUT2D eigenvalue weighted by molar-refractivity contribution is -0.130. The molecule has 33 heavy (non-hydrogen) atoms. The van der Waals surface area contributed by atoms with E-state index < -0.39 is 17.6 Å². The van der Waals surface area contributed by atoms with Crippen molar-refractivity contribution in [3.05, 3.63) is 25.0 Å². The van der Waals surface area contributed by atoms with Gasteiger partial charge in [-0.3, -0.25) is 14.4 Å². The summed E-state index contributed by atoms with van der Waals surface area (Å²) in [5.74, 6) is -0.781. The summed E-state index contributed by atoms with van der Waals surface area (Å²) in [5.41, 5.74) is 4.86. The zero-order valence-corrected chi connectivity index (χ0v) is 21.5. The number of carbonyl (C=O) groups excluding carboxylic acids is 3. The van der Waals surface area contributed by atoms with Crippen molar-refractivity contribution in [2.75, 3.05) is 13.6 Å². The molecule has 0 aromatic carbocycles. The van der Waals surface area contributed by atoms with Gasteiger partial charge in [0, 0.05) is 18.8 Å². The van der Waals surface area contributed by atoms with E-state index in [1.807, 2.05) is 33.9 Å². The number of hydrogen-bond acceptors (Lipinski definition) is 5. The minimum absolute atomic E-state index is 0.0101.